The molecular formula is C18H17NO4. The van der Waals surface area contributed by atoms with Crippen LogP contribution in [-0.2, 0) is 16.0 Å². The molecule has 1 atom stereocenters. The Hall–Kier alpha value is -2.82. The zero-order valence-corrected chi connectivity index (χ0v) is 13.0. The maximum atomic E-state index is 12.2. The van der Waals surface area contributed by atoms with E-state index < -0.39 is 12.0 Å². The number of para-hydroxylation sites is 1. The van der Waals surface area contributed by atoms with Gasteiger partial charge in [-0.2, -0.15) is 0 Å². The van der Waals surface area contributed by atoms with Crippen molar-refractivity contribution in [2.24, 2.45) is 0 Å². The Labute approximate surface area is 134 Å². The van der Waals surface area contributed by atoms with E-state index >= 15 is 0 Å². The molecule has 23 heavy (non-hydrogen) atoms. The van der Waals surface area contributed by atoms with E-state index in [1.165, 1.54) is 6.92 Å². The Balaban J connectivity index is 1.80. The van der Waals surface area contributed by atoms with Crippen molar-refractivity contribution in [3.8, 4) is 11.5 Å². The first-order chi connectivity index (χ1) is 11.0. The van der Waals surface area contributed by atoms with Crippen LogP contribution in [-0.4, -0.2) is 18.0 Å². The molecule has 0 saturated carbocycles. The molecule has 1 unspecified atom stereocenters. The third-order valence-corrected chi connectivity index (χ3v) is 3.69. The molecule has 5 nitrogen and oxygen atoms in total. The Morgan fingerprint density at radius 3 is 2.78 bits per heavy atom. The molecule has 0 radical (unpaired) electrons. The Morgan fingerprint density at radius 2 is 2.04 bits per heavy atom. The van der Waals surface area contributed by atoms with Gasteiger partial charge >= 0.3 is 11.9 Å². The Morgan fingerprint density at radius 1 is 1.26 bits per heavy atom. The lowest BCUT2D eigenvalue weighted by atomic mass is 10.0. The highest BCUT2D eigenvalue weighted by atomic mass is 16.5. The second kappa shape index (κ2) is 6.12. The molecule has 0 aliphatic carbocycles. The summed E-state index contributed by atoms with van der Waals surface area (Å²) >= 11 is 0. The van der Waals surface area contributed by atoms with Crippen molar-refractivity contribution in [1.29, 1.82) is 0 Å². The van der Waals surface area contributed by atoms with E-state index in [0.717, 1.165) is 16.8 Å². The molecule has 0 bridgehead atoms. The molecule has 0 fully saturated rings. The minimum absolute atomic E-state index is 0.347. The van der Waals surface area contributed by atoms with Gasteiger partial charge in [0.25, 0.3) is 0 Å². The topological polar surface area (TPSA) is 64.6 Å². The number of ether oxygens (including phenoxy) is 2. The quantitative estimate of drug-likeness (QED) is 0.697. The zero-order chi connectivity index (χ0) is 16.4. The van der Waals surface area contributed by atoms with Gasteiger partial charge in [-0.15, -0.1) is 0 Å². The summed E-state index contributed by atoms with van der Waals surface area (Å²) in [5, 5.41) is 3.23. The van der Waals surface area contributed by atoms with Crippen molar-refractivity contribution in [3.05, 3.63) is 53.6 Å². The van der Waals surface area contributed by atoms with E-state index in [-0.39, 0.29) is 5.97 Å². The summed E-state index contributed by atoms with van der Waals surface area (Å²) in [6.45, 7) is 3.31. The van der Waals surface area contributed by atoms with Crippen LogP contribution in [0.5, 0.6) is 11.5 Å². The van der Waals surface area contributed by atoms with Crippen LogP contribution in [0.4, 0.5) is 5.69 Å². The Bertz CT molecular complexity index is 769. The summed E-state index contributed by atoms with van der Waals surface area (Å²) in [7, 11) is 0. The van der Waals surface area contributed by atoms with Gasteiger partial charge in [0.15, 0.2) is 0 Å². The van der Waals surface area contributed by atoms with Crippen molar-refractivity contribution in [2.75, 3.05) is 5.32 Å². The van der Waals surface area contributed by atoms with Crippen LogP contribution in [0.3, 0.4) is 0 Å². The molecule has 1 N–H and O–H groups in total. The summed E-state index contributed by atoms with van der Waals surface area (Å²) in [5.74, 6) is 0.0536. The molecule has 1 aliphatic heterocycles. The number of aryl methyl sites for hydroxylation is 1. The molecular weight excluding hydrogens is 294 g/mol. The molecule has 3 rings (SSSR count). The number of hydrogen-bond acceptors (Lipinski definition) is 5. The van der Waals surface area contributed by atoms with Crippen LogP contribution in [0.2, 0.25) is 0 Å². The van der Waals surface area contributed by atoms with Gasteiger partial charge in [-0.3, -0.25) is 4.79 Å². The van der Waals surface area contributed by atoms with Crippen LogP contribution in [0, 0.1) is 6.92 Å². The zero-order valence-electron chi connectivity index (χ0n) is 13.0. The number of esters is 2. The highest BCUT2D eigenvalue weighted by Gasteiger charge is 2.29. The number of rotatable bonds is 3. The standard InChI is InChI=1S/C18H17NO4/c1-11-5-3-4-6-15(11)19-16-9-13-7-8-14(22-12(2)20)10-17(13)23-18(16)21/h3-8,10,16,19H,9H2,1-2H3. The van der Waals surface area contributed by atoms with Gasteiger partial charge in [-0.25, -0.2) is 4.79 Å². The van der Waals surface area contributed by atoms with Crippen molar-refractivity contribution >= 4 is 17.6 Å². The molecule has 0 aromatic heterocycles. The highest BCUT2D eigenvalue weighted by Crippen LogP contribution is 2.31. The number of benzene rings is 2. The minimum Gasteiger partial charge on any atom is -0.427 e. The smallest absolute Gasteiger partial charge is 0.334 e. The second-order valence-corrected chi connectivity index (χ2v) is 5.50. The van der Waals surface area contributed by atoms with Crippen LogP contribution >= 0.6 is 0 Å². The van der Waals surface area contributed by atoms with Gasteiger partial charge in [-0.05, 0) is 30.2 Å². The van der Waals surface area contributed by atoms with Crippen molar-refractivity contribution in [1.82, 2.24) is 0 Å². The lowest BCUT2D eigenvalue weighted by Crippen LogP contribution is -2.38. The van der Waals surface area contributed by atoms with Gasteiger partial charge in [0, 0.05) is 25.1 Å². The second-order valence-electron chi connectivity index (χ2n) is 5.50. The molecule has 1 aliphatic rings. The number of fused-ring (bicyclic) bond motifs is 1. The van der Waals surface area contributed by atoms with E-state index in [2.05, 4.69) is 5.32 Å². The van der Waals surface area contributed by atoms with Crippen molar-refractivity contribution in [2.45, 2.75) is 26.3 Å². The maximum Gasteiger partial charge on any atom is 0.334 e. The number of nitrogens with one attached hydrogen (secondary N) is 1. The summed E-state index contributed by atoms with van der Waals surface area (Å²) < 4.78 is 10.4. The summed E-state index contributed by atoms with van der Waals surface area (Å²) in [5.41, 5.74) is 2.87. The fourth-order valence-corrected chi connectivity index (χ4v) is 2.54. The number of carbonyl (C=O) groups excluding carboxylic acids is 2. The number of hydrogen-bond donors (Lipinski definition) is 1. The summed E-state index contributed by atoms with van der Waals surface area (Å²) in [4.78, 5) is 23.2. The van der Waals surface area contributed by atoms with E-state index in [1.54, 1.807) is 12.1 Å². The molecule has 2 aromatic carbocycles. The first kappa shape index (κ1) is 15.1. The van der Waals surface area contributed by atoms with E-state index in [9.17, 15) is 9.59 Å². The number of anilines is 1. The predicted molar refractivity (Wildman–Crippen MR) is 85.7 cm³/mol. The fourth-order valence-electron chi connectivity index (χ4n) is 2.54. The van der Waals surface area contributed by atoms with Crippen LogP contribution in [0.25, 0.3) is 0 Å². The highest BCUT2D eigenvalue weighted by molar-refractivity contribution is 5.84. The van der Waals surface area contributed by atoms with Crippen molar-refractivity contribution < 1.29 is 19.1 Å². The fraction of sp³-hybridized carbons (Fsp3) is 0.222. The molecule has 2 aromatic rings. The average Bonchev–Trinajstić information content (AvgIpc) is 2.50. The van der Waals surface area contributed by atoms with Gasteiger partial charge in [0.05, 0.1) is 0 Å². The third kappa shape index (κ3) is 3.34. The summed E-state index contributed by atoms with van der Waals surface area (Å²) in [6, 6.07) is 12.4. The van der Waals surface area contributed by atoms with Gasteiger partial charge in [0.2, 0.25) is 0 Å². The normalized spacial score (nSPS) is 16.3. The average molecular weight is 311 g/mol. The summed E-state index contributed by atoms with van der Waals surface area (Å²) in [6.07, 6.45) is 0.517. The third-order valence-electron chi connectivity index (χ3n) is 3.69. The maximum absolute atomic E-state index is 12.2. The number of carbonyl (C=O) groups is 2. The minimum atomic E-state index is -0.442. The SMILES string of the molecule is CC(=O)Oc1ccc2c(c1)OC(=O)C(Nc1ccccc1C)C2. The van der Waals surface area contributed by atoms with Crippen LogP contribution < -0.4 is 14.8 Å². The van der Waals surface area contributed by atoms with Gasteiger partial charge in [0.1, 0.15) is 17.5 Å². The van der Waals surface area contributed by atoms with Crippen LogP contribution in [0.1, 0.15) is 18.1 Å². The molecule has 0 spiro atoms. The van der Waals surface area contributed by atoms with E-state index in [0.29, 0.717) is 17.9 Å². The van der Waals surface area contributed by atoms with Crippen molar-refractivity contribution in [3.63, 3.8) is 0 Å². The predicted octanol–water partition coefficient (Wildman–Crippen LogP) is 2.86. The molecule has 5 heteroatoms. The molecule has 1 heterocycles. The molecule has 118 valence electrons. The Kier molecular flexibility index (Phi) is 4.02. The first-order valence-electron chi connectivity index (χ1n) is 7.38. The van der Waals surface area contributed by atoms with Gasteiger partial charge in [-0.1, -0.05) is 24.3 Å². The monoisotopic (exact) mass is 311 g/mol. The lowest BCUT2D eigenvalue weighted by Gasteiger charge is -2.25. The van der Waals surface area contributed by atoms with Crippen LogP contribution in [0.15, 0.2) is 42.5 Å². The van der Waals surface area contributed by atoms with E-state index in [1.807, 2.05) is 37.3 Å². The lowest BCUT2D eigenvalue weighted by molar-refractivity contribution is -0.136. The molecule has 0 saturated heterocycles. The largest absolute Gasteiger partial charge is 0.427 e. The first-order valence-corrected chi connectivity index (χ1v) is 7.38. The van der Waals surface area contributed by atoms with E-state index in [4.69, 9.17) is 9.47 Å². The van der Waals surface area contributed by atoms with Gasteiger partial charge < -0.3 is 14.8 Å². The molecule has 0 amide bonds.